The fourth-order valence-electron chi connectivity index (χ4n) is 1.15. The van der Waals surface area contributed by atoms with Crippen molar-refractivity contribution in [1.29, 1.82) is 0 Å². The van der Waals surface area contributed by atoms with Gasteiger partial charge in [-0.15, -0.1) is 0 Å². The van der Waals surface area contributed by atoms with E-state index in [9.17, 15) is 4.79 Å². The highest BCUT2D eigenvalue weighted by Crippen LogP contribution is 1.94. The Morgan fingerprint density at radius 3 is 2.47 bits per heavy atom. The van der Waals surface area contributed by atoms with Crippen molar-refractivity contribution in [3.05, 3.63) is 0 Å². The van der Waals surface area contributed by atoms with E-state index in [1.807, 2.05) is 6.92 Å². The SMILES string of the molecule is COC(=O)CC(C)NCCN(C)C(C)C. The summed E-state index contributed by atoms with van der Waals surface area (Å²) in [6, 6.07) is 0.737. The first-order valence-corrected chi connectivity index (χ1v) is 5.47. The maximum Gasteiger partial charge on any atom is 0.307 e. The molecular formula is C11H24N2O2. The van der Waals surface area contributed by atoms with Crippen LogP contribution in [0.5, 0.6) is 0 Å². The predicted molar refractivity (Wildman–Crippen MR) is 61.9 cm³/mol. The average molecular weight is 216 g/mol. The molecule has 15 heavy (non-hydrogen) atoms. The van der Waals surface area contributed by atoms with Crippen molar-refractivity contribution < 1.29 is 9.53 Å². The fraction of sp³-hybridized carbons (Fsp3) is 0.909. The minimum Gasteiger partial charge on any atom is -0.469 e. The van der Waals surface area contributed by atoms with Gasteiger partial charge in [0.25, 0.3) is 0 Å². The molecule has 0 rings (SSSR count). The normalized spacial score (nSPS) is 13.3. The quantitative estimate of drug-likeness (QED) is 0.641. The smallest absolute Gasteiger partial charge is 0.307 e. The first kappa shape index (κ1) is 14.4. The second-order valence-corrected chi connectivity index (χ2v) is 4.21. The molecule has 4 nitrogen and oxygen atoms in total. The van der Waals surface area contributed by atoms with E-state index in [4.69, 9.17) is 0 Å². The van der Waals surface area contributed by atoms with E-state index in [1.165, 1.54) is 7.11 Å². The second kappa shape index (κ2) is 7.65. The average Bonchev–Trinajstić information content (AvgIpc) is 2.17. The Balaban J connectivity index is 3.54. The van der Waals surface area contributed by atoms with Crippen molar-refractivity contribution in [3.63, 3.8) is 0 Å². The van der Waals surface area contributed by atoms with Crippen LogP contribution < -0.4 is 5.32 Å². The zero-order chi connectivity index (χ0) is 11.8. The van der Waals surface area contributed by atoms with Crippen LogP contribution >= 0.6 is 0 Å². The summed E-state index contributed by atoms with van der Waals surface area (Å²) >= 11 is 0. The zero-order valence-electron chi connectivity index (χ0n) is 10.5. The van der Waals surface area contributed by atoms with Crippen molar-refractivity contribution >= 4 is 5.97 Å². The van der Waals surface area contributed by atoms with Crippen molar-refractivity contribution in [2.45, 2.75) is 39.3 Å². The molecule has 0 saturated heterocycles. The lowest BCUT2D eigenvalue weighted by Crippen LogP contribution is -2.37. The molecule has 0 aromatic rings. The van der Waals surface area contributed by atoms with Gasteiger partial charge in [-0.1, -0.05) is 0 Å². The minimum absolute atomic E-state index is 0.160. The molecule has 0 fully saturated rings. The topological polar surface area (TPSA) is 41.6 Å². The van der Waals surface area contributed by atoms with Gasteiger partial charge in [0.1, 0.15) is 0 Å². The number of carbonyl (C=O) groups is 1. The Hall–Kier alpha value is -0.610. The van der Waals surface area contributed by atoms with Gasteiger partial charge in [-0.25, -0.2) is 0 Å². The number of hydrogen-bond acceptors (Lipinski definition) is 4. The van der Waals surface area contributed by atoms with Gasteiger partial charge in [-0.3, -0.25) is 4.79 Å². The lowest BCUT2D eigenvalue weighted by atomic mass is 10.2. The van der Waals surface area contributed by atoms with Gasteiger partial charge < -0.3 is 15.0 Å². The van der Waals surface area contributed by atoms with Crippen molar-refractivity contribution in [1.82, 2.24) is 10.2 Å². The number of esters is 1. The lowest BCUT2D eigenvalue weighted by molar-refractivity contribution is -0.141. The molecule has 0 spiro atoms. The van der Waals surface area contributed by atoms with Crippen LogP contribution in [0.3, 0.4) is 0 Å². The van der Waals surface area contributed by atoms with Crippen LogP contribution in [-0.4, -0.2) is 50.2 Å². The van der Waals surface area contributed by atoms with E-state index in [0.29, 0.717) is 12.5 Å². The third kappa shape index (κ3) is 7.33. The van der Waals surface area contributed by atoms with Crippen LogP contribution in [0.1, 0.15) is 27.2 Å². The van der Waals surface area contributed by atoms with E-state index in [1.54, 1.807) is 0 Å². The van der Waals surface area contributed by atoms with Gasteiger partial charge in [0.05, 0.1) is 13.5 Å². The van der Waals surface area contributed by atoms with Gasteiger partial charge in [-0.05, 0) is 27.8 Å². The monoisotopic (exact) mass is 216 g/mol. The molecule has 1 N–H and O–H groups in total. The summed E-state index contributed by atoms with van der Waals surface area (Å²) in [6.45, 7) is 8.21. The molecule has 1 atom stereocenters. The van der Waals surface area contributed by atoms with Gasteiger partial charge >= 0.3 is 5.97 Å². The van der Waals surface area contributed by atoms with Crippen LogP contribution in [-0.2, 0) is 9.53 Å². The Kier molecular flexibility index (Phi) is 7.34. The van der Waals surface area contributed by atoms with Crippen LogP contribution in [0, 0.1) is 0 Å². The Morgan fingerprint density at radius 2 is 2.00 bits per heavy atom. The van der Waals surface area contributed by atoms with Crippen LogP contribution in [0.15, 0.2) is 0 Å². The number of hydrogen-bond donors (Lipinski definition) is 1. The van der Waals surface area contributed by atoms with Gasteiger partial charge in [0, 0.05) is 25.2 Å². The van der Waals surface area contributed by atoms with E-state index < -0.39 is 0 Å². The first-order chi connectivity index (χ1) is 6.97. The van der Waals surface area contributed by atoms with E-state index in [-0.39, 0.29) is 12.0 Å². The van der Waals surface area contributed by atoms with E-state index in [0.717, 1.165) is 13.1 Å². The standard InChI is InChI=1S/C11H24N2O2/c1-9(2)13(4)7-6-12-10(3)8-11(14)15-5/h9-10,12H,6-8H2,1-5H3. The summed E-state index contributed by atoms with van der Waals surface area (Å²) in [6.07, 6.45) is 0.432. The van der Waals surface area contributed by atoms with Gasteiger partial charge in [-0.2, -0.15) is 0 Å². The number of ether oxygens (including phenoxy) is 1. The highest BCUT2D eigenvalue weighted by molar-refractivity contribution is 5.69. The second-order valence-electron chi connectivity index (χ2n) is 4.21. The number of methoxy groups -OCH3 is 1. The summed E-state index contributed by atoms with van der Waals surface area (Å²) in [5.41, 5.74) is 0. The van der Waals surface area contributed by atoms with Crippen LogP contribution in [0.4, 0.5) is 0 Å². The molecule has 0 aliphatic heterocycles. The largest absolute Gasteiger partial charge is 0.469 e. The Bertz CT molecular complexity index is 183. The molecule has 1 unspecified atom stereocenters. The molecule has 0 heterocycles. The van der Waals surface area contributed by atoms with Gasteiger partial charge in [0.15, 0.2) is 0 Å². The Morgan fingerprint density at radius 1 is 1.40 bits per heavy atom. The summed E-state index contributed by atoms with van der Waals surface area (Å²) in [5, 5.41) is 3.29. The van der Waals surface area contributed by atoms with Crippen LogP contribution in [0.25, 0.3) is 0 Å². The molecule has 0 aromatic heterocycles. The van der Waals surface area contributed by atoms with E-state index in [2.05, 4.69) is 35.8 Å². The number of carbonyl (C=O) groups excluding carboxylic acids is 1. The van der Waals surface area contributed by atoms with Crippen molar-refractivity contribution in [2.75, 3.05) is 27.2 Å². The zero-order valence-corrected chi connectivity index (χ0v) is 10.5. The molecule has 0 bridgehead atoms. The van der Waals surface area contributed by atoms with Crippen molar-refractivity contribution in [3.8, 4) is 0 Å². The lowest BCUT2D eigenvalue weighted by Gasteiger charge is -2.22. The van der Waals surface area contributed by atoms with Crippen molar-refractivity contribution in [2.24, 2.45) is 0 Å². The van der Waals surface area contributed by atoms with Crippen LogP contribution in [0.2, 0.25) is 0 Å². The number of nitrogens with one attached hydrogen (secondary N) is 1. The molecule has 4 heteroatoms. The molecule has 90 valence electrons. The summed E-state index contributed by atoms with van der Waals surface area (Å²) < 4.78 is 4.60. The molecule has 0 aliphatic rings. The maximum absolute atomic E-state index is 11.0. The first-order valence-electron chi connectivity index (χ1n) is 5.47. The number of nitrogens with zero attached hydrogens (tertiary/aromatic N) is 1. The molecule has 0 radical (unpaired) electrons. The third-order valence-electron chi connectivity index (χ3n) is 2.54. The fourth-order valence-corrected chi connectivity index (χ4v) is 1.15. The van der Waals surface area contributed by atoms with Gasteiger partial charge in [0.2, 0.25) is 0 Å². The summed E-state index contributed by atoms with van der Waals surface area (Å²) in [4.78, 5) is 13.2. The third-order valence-corrected chi connectivity index (χ3v) is 2.54. The molecule has 0 saturated carbocycles. The summed E-state index contributed by atoms with van der Waals surface area (Å²) in [7, 11) is 3.51. The maximum atomic E-state index is 11.0. The summed E-state index contributed by atoms with van der Waals surface area (Å²) in [5.74, 6) is -0.160. The highest BCUT2D eigenvalue weighted by atomic mass is 16.5. The molecule has 0 aromatic carbocycles. The highest BCUT2D eigenvalue weighted by Gasteiger charge is 2.08. The molecule has 0 aliphatic carbocycles. The molecule has 0 amide bonds. The predicted octanol–water partition coefficient (Wildman–Crippen LogP) is 0.868. The minimum atomic E-state index is -0.160. The molecular weight excluding hydrogens is 192 g/mol. The van der Waals surface area contributed by atoms with E-state index >= 15 is 0 Å². The number of rotatable bonds is 7. The number of likely N-dealkylation sites (N-methyl/N-ethyl adjacent to an activating group) is 1. The Labute approximate surface area is 93.0 Å².